The fraction of sp³-hybridized carbons (Fsp3) is 0.778. The van der Waals surface area contributed by atoms with Crippen LogP contribution in [0, 0.1) is 5.92 Å². The van der Waals surface area contributed by atoms with E-state index < -0.39 is 0 Å². The summed E-state index contributed by atoms with van der Waals surface area (Å²) in [5, 5.41) is 14.0. The standard InChI is InChI=1S/C27H42NO4/c1-6-30-24-17-31-25(32-18-24)22-13-11-20(12-14-22)19-7-9-21(10-8-19)23-15-26(2,3)28(29)27(4,5)16-23/h7-10,20,22-25H,6,11-18H2,1-5H3. The molecule has 32 heavy (non-hydrogen) atoms. The van der Waals surface area contributed by atoms with Crippen LogP contribution in [0.4, 0.5) is 0 Å². The molecule has 1 aromatic carbocycles. The molecule has 0 unspecified atom stereocenters. The molecule has 5 nitrogen and oxygen atoms in total. The number of hydroxylamine groups is 2. The molecular weight excluding hydrogens is 402 g/mol. The summed E-state index contributed by atoms with van der Waals surface area (Å²) in [6, 6.07) is 9.31. The summed E-state index contributed by atoms with van der Waals surface area (Å²) in [4.78, 5) is 0. The van der Waals surface area contributed by atoms with Gasteiger partial charge in [-0.15, -0.1) is 10.3 Å². The number of ether oxygens (including phenoxy) is 3. The van der Waals surface area contributed by atoms with Gasteiger partial charge < -0.3 is 14.2 Å². The van der Waals surface area contributed by atoms with Gasteiger partial charge in [-0.05, 0) is 96.1 Å². The zero-order valence-corrected chi connectivity index (χ0v) is 20.6. The van der Waals surface area contributed by atoms with Gasteiger partial charge in [-0.25, -0.2) is 0 Å². The van der Waals surface area contributed by atoms with E-state index in [4.69, 9.17) is 14.2 Å². The largest absolute Gasteiger partial charge is 0.374 e. The molecule has 2 aliphatic heterocycles. The van der Waals surface area contributed by atoms with Crippen molar-refractivity contribution in [1.82, 2.24) is 5.06 Å². The third kappa shape index (κ3) is 5.23. The average molecular weight is 445 g/mol. The van der Waals surface area contributed by atoms with Gasteiger partial charge >= 0.3 is 0 Å². The molecule has 1 aliphatic carbocycles. The molecular formula is C27H42NO4. The van der Waals surface area contributed by atoms with Gasteiger partial charge in [0.05, 0.1) is 13.2 Å². The summed E-state index contributed by atoms with van der Waals surface area (Å²) < 4.78 is 17.6. The Morgan fingerprint density at radius 3 is 1.88 bits per heavy atom. The van der Waals surface area contributed by atoms with E-state index in [9.17, 15) is 5.21 Å². The van der Waals surface area contributed by atoms with Crippen LogP contribution in [-0.4, -0.2) is 48.4 Å². The Hall–Kier alpha value is -0.980. The predicted octanol–water partition coefficient (Wildman–Crippen LogP) is 5.82. The van der Waals surface area contributed by atoms with Gasteiger partial charge in [-0.3, -0.25) is 0 Å². The van der Waals surface area contributed by atoms with Gasteiger partial charge in [-0.2, -0.15) is 0 Å². The minimum atomic E-state index is -0.324. The van der Waals surface area contributed by atoms with E-state index in [0.29, 0.717) is 37.6 Å². The lowest BCUT2D eigenvalue weighted by Gasteiger charge is -2.50. The molecule has 1 radical (unpaired) electrons. The molecule has 2 saturated heterocycles. The number of benzene rings is 1. The zero-order valence-electron chi connectivity index (χ0n) is 20.6. The van der Waals surface area contributed by atoms with Gasteiger partial charge in [-0.1, -0.05) is 24.3 Å². The minimum absolute atomic E-state index is 0.0615. The summed E-state index contributed by atoms with van der Waals surface area (Å²) in [5.41, 5.74) is 2.18. The van der Waals surface area contributed by atoms with Gasteiger partial charge in [0.2, 0.25) is 0 Å². The third-order valence-electron chi connectivity index (χ3n) is 7.92. The molecule has 2 heterocycles. The smallest absolute Gasteiger partial charge is 0.160 e. The predicted molar refractivity (Wildman–Crippen MR) is 125 cm³/mol. The molecule has 0 atom stereocenters. The minimum Gasteiger partial charge on any atom is -0.374 e. The first-order chi connectivity index (χ1) is 15.2. The Bertz CT molecular complexity index is 713. The van der Waals surface area contributed by atoms with E-state index in [0.717, 1.165) is 25.7 Å². The van der Waals surface area contributed by atoms with Crippen molar-refractivity contribution in [2.24, 2.45) is 5.92 Å². The summed E-state index contributed by atoms with van der Waals surface area (Å²) in [6.07, 6.45) is 6.54. The molecule has 3 fully saturated rings. The van der Waals surface area contributed by atoms with Crippen LogP contribution < -0.4 is 0 Å². The first-order valence-electron chi connectivity index (χ1n) is 12.6. The van der Waals surface area contributed by atoms with Gasteiger partial charge in [0.1, 0.15) is 6.10 Å². The van der Waals surface area contributed by atoms with E-state index in [-0.39, 0.29) is 23.5 Å². The van der Waals surface area contributed by atoms with Crippen molar-refractivity contribution in [1.29, 1.82) is 0 Å². The Kier molecular flexibility index (Phi) is 7.33. The summed E-state index contributed by atoms with van der Waals surface area (Å²) in [6.45, 7) is 12.3. The quantitative estimate of drug-likeness (QED) is 0.574. The summed E-state index contributed by atoms with van der Waals surface area (Å²) in [7, 11) is 0. The maximum Gasteiger partial charge on any atom is 0.160 e. The number of hydrogen-bond acceptors (Lipinski definition) is 4. The Labute approximate surface area is 194 Å². The lowest BCUT2D eigenvalue weighted by molar-refractivity contribution is -0.289. The summed E-state index contributed by atoms with van der Waals surface area (Å²) in [5.74, 6) is 1.56. The molecule has 0 spiro atoms. The maximum absolute atomic E-state index is 12.7. The Morgan fingerprint density at radius 2 is 1.38 bits per heavy atom. The van der Waals surface area contributed by atoms with Crippen molar-refractivity contribution in [3.8, 4) is 0 Å². The van der Waals surface area contributed by atoms with Gasteiger partial charge in [0.25, 0.3) is 0 Å². The fourth-order valence-electron chi connectivity index (χ4n) is 6.37. The van der Waals surface area contributed by atoms with Crippen molar-refractivity contribution in [2.75, 3.05) is 19.8 Å². The topological polar surface area (TPSA) is 50.8 Å². The van der Waals surface area contributed by atoms with Crippen molar-refractivity contribution in [3.63, 3.8) is 0 Å². The van der Waals surface area contributed by atoms with E-state index in [1.807, 2.05) is 6.92 Å². The third-order valence-corrected chi connectivity index (χ3v) is 7.92. The Morgan fingerprint density at radius 1 is 0.875 bits per heavy atom. The van der Waals surface area contributed by atoms with Crippen molar-refractivity contribution in [2.45, 2.75) is 108 Å². The van der Waals surface area contributed by atoms with Gasteiger partial charge in [0, 0.05) is 23.6 Å². The van der Waals surface area contributed by atoms with Crippen LogP contribution in [0.15, 0.2) is 24.3 Å². The van der Waals surface area contributed by atoms with Crippen molar-refractivity contribution < 1.29 is 19.4 Å². The average Bonchev–Trinajstić information content (AvgIpc) is 2.78. The molecule has 4 rings (SSSR count). The molecule has 5 heteroatoms. The van der Waals surface area contributed by atoms with E-state index in [2.05, 4.69) is 52.0 Å². The highest BCUT2D eigenvalue weighted by atomic mass is 16.7. The number of nitrogens with zero attached hydrogens (tertiary/aromatic N) is 1. The maximum atomic E-state index is 12.7. The molecule has 1 saturated carbocycles. The second kappa shape index (κ2) is 9.71. The second-order valence-corrected chi connectivity index (χ2v) is 11.4. The normalized spacial score (nSPS) is 33.8. The SMILES string of the molecule is CCOC1COC(C2CCC(c3ccc(C4CC(C)(C)N([O])C(C)(C)C4)cc3)CC2)OC1. The zero-order chi connectivity index (χ0) is 22.9. The molecule has 3 aliphatic rings. The van der Waals surface area contributed by atoms with Crippen LogP contribution in [0.5, 0.6) is 0 Å². The van der Waals surface area contributed by atoms with E-state index in [1.165, 1.54) is 29.0 Å². The number of piperidine rings is 1. The lowest BCUT2D eigenvalue weighted by Crippen LogP contribution is -2.57. The van der Waals surface area contributed by atoms with E-state index in [1.54, 1.807) is 0 Å². The molecule has 0 aromatic heterocycles. The highest BCUT2D eigenvalue weighted by Gasteiger charge is 2.46. The molecule has 0 bridgehead atoms. The number of rotatable bonds is 5. The molecule has 0 N–H and O–H groups in total. The second-order valence-electron chi connectivity index (χ2n) is 11.4. The van der Waals surface area contributed by atoms with Gasteiger partial charge in [0.15, 0.2) is 6.29 Å². The van der Waals surface area contributed by atoms with Crippen LogP contribution in [0.25, 0.3) is 0 Å². The molecule has 0 amide bonds. The van der Waals surface area contributed by atoms with Crippen LogP contribution in [0.1, 0.15) is 96.1 Å². The van der Waals surface area contributed by atoms with Crippen LogP contribution >= 0.6 is 0 Å². The van der Waals surface area contributed by atoms with Crippen LogP contribution in [-0.2, 0) is 19.4 Å². The molecule has 1 aromatic rings. The molecule has 179 valence electrons. The first kappa shape index (κ1) is 24.2. The highest BCUT2D eigenvalue weighted by molar-refractivity contribution is 5.29. The van der Waals surface area contributed by atoms with Crippen LogP contribution in [0.2, 0.25) is 0 Å². The first-order valence-corrected chi connectivity index (χ1v) is 12.6. The summed E-state index contributed by atoms with van der Waals surface area (Å²) >= 11 is 0. The van der Waals surface area contributed by atoms with E-state index >= 15 is 0 Å². The van der Waals surface area contributed by atoms with Crippen LogP contribution in [0.3, 0.4) is 0 Å². The van der Waals surface area contributed by atoms with Crippen molar-refractivity contribution in [3.05, 3.63) is 35.4 Å². The Balaban J connectivity index is 1.31. The fourth-order valence-corrected chi connectivity index (χ4v) is 6.37. The van der Waals surface area contributed by atoms with Crippen molar-refractivity contribution >= 4 is 0 Å². The lowest BCUT2D eigenvalue weighted by atomic mass is 9.72. The monoisotopic (exact) mass is 444 g/mol. The highest BCUT2D eigenvalue weighted by Crippen LogP contribution is 2.45. The number of hydrogen-bond donors (Lipinski definition) is 0.